The summed E-state index contributed by atoms with van der Waals surface area (Å²) in [6.45, 7) is 0.423. The van der Waals surface area contributed by atoms with E-state index in [1.165, 1.54) is 4.68 Å². The van der Waals surface area contributed by atoms with Gasteiger partial charge >= 0.3 is 5.97 Å². The highest BCUT2D eigenvalue weighted by molar-refractivity contribution is 6.30. The van der Waals surface area contributed by atoms with Crippen LogP contribution in [0, 0.1) is 0 Å². The number of halogens is 1. The molecule has 1 aromatic carbocycles. The number of aromatic nitrogens is 4. The van der Waals surface area contributed by atoms with Crippen LogP contribution in [0.5, 0.6) is 0 Å². The zero-order valence-corrected chi connectivity index (χ0v) is 9.50. The van der Waals surface area contributed by atoms with Crippen molar-refractivity contribution in [1.82, 2.24) is 20.2 Å². The second-order valence-corrected chi connectivity index (χ2v) is 3.89. The molecule has 1 heterocycles. The number of benzene rings is 1. The molecule has 88 valence electrons. The van der Waals surface area contributed by atoms with Crippen molar-refractivity contribution in [2.75, 3.05) is 0 Å². The van der Waals surface area contributed by atoms with Gasteiger partial charge in [0.2, 0.25) is 0 Å². The van der Waals surface area contributed by atoms with E-state index in [4.69, 9.17) is 16.7 Å². The van der Waals surface area contributed by atoms with Crippen LogP contribution >= 0.6 is 11.6 Å². The second-order valence-electron chi connectivity index (χ2n) is 3.45. The SMILES string of the molecule is O=C(O)Cc1nnnn1Cc1ccc(Cl)cc1. The van der Waals surface area contributed by atoms with Crippen LogP contribution < -0.4 is 0 Å². The van der Waals surface area contributed by atoms with Gasteiger partial charge in [0.05, 0.1) is 6.54 Å². The predicted octanol–water partition coefficient (Wildman–Crippen LogP) is 1.00. The minimum absolute atomic E-state index is 0.194. The fourth-order valence-corrected chi connectivity index (χ4v) is 1.50. The number of carbonyl (C=O) groups is 1. The molecule has 0 saturated carbocycles. The van der Waals surface area contributed by atoms with Gasteiger partial charge in [0, 0.05) is 5.02 Å². The van der Waals surface area contributed by atoms with Crippen LogP contribution in [0.2, 0.25) is 5.02 Å². The summed E-state index contributed by atoms with van der Waals surface area (Å²) >= 11 is 5.77. The molecule has 0 amide bonds. The van der Waals surface area contributed by atoms with Gasteiger partial charge in [-0.25, -0.2) is 4.68 Å². The van der Waals surface area contributed by atoms with Crippen molar-refractivity contribution in [3.8, 4) is 0 Å². The highest BCUT2D eigenvalue weighted by Crippen LogP contribution is 2.10. The van der Waals surface area contributed by atoms with E-state index >= 15 is 0 Å². The second kappa shape index (κ2) is 4.92. The molecule has 1 N–H and O–H groups in total. The Morgan fingerprint density at radius 2 is 2.06 bits per heavy atom. The number of hydrogen-bond acceptors (Lipinski definition) is 4. The molecule has 7 heteroatoms. The van der Waals surface area contributed by atoms with Gasteiger partial charge in [-0.15, -0.1) is 5.10 Å². The summed E-state index contributed by atoms with van der Waals surface area (Å²) in [6, 6.07) is 7.21. The van der Waals surface area contributed by atoms with Crippen molar-refractivity contribution >= 4 is 17.6 Å². The molecule has 0 aliphatic heterocycles. The maximum Gasteiger partial charge on any atom is 0.311 e. The molecule has 0 saturated heterocycles. The number of carboxylic acids is 1. The average molecular weight is 253 g/mol. The third-order valence-corrected chi connectivity index (χ3v) is 2.41. The highest BCUT2D eigenvalue weighted by atomic mass is 35.5. The molecule has 0 fully saturated rings. The molecule has 17 heavy (non-hydrogen) atoms. The van der Waals surface area contributed by atoms with Crippen LogP contribution in [-0.4, -0.2) is 31.3 Å². The maximum absolute atomic E-state index is 10.6. The molecule has 0 radical (unpaired) electrons. The fraction of sp³-hybridized carbons (Fsp3) is 0.200. The van der Waals surface area contributed by atoms with Gasteiger partial charge in [-0.3, -0.25) is 4.79 Å². The topological polar surface area (TPSA) is 80.9 Å². The molecule has 0 aliphatic carbocycles. The van der Waals surface area contributed by atoms with Crippen LogP contribution in [0.1, 0.15) is 11.4 Å². The Labute approximate surface area is 102 Å². The van der Waals surface area contributed by atoms with E-state index in [1.807, 2.05) is 12.1 Å². The zero-order chi connectivity index (χ0) is 12.3. The third-order valence-electron chi connectivity index (χ3n) is 2.16. The minimum atomic E-state index is -0.961. The summed E-state index contributed by atoms with van der Waals surface area (Å²) in [7, 11) is 0. The number of hydrogen-bond donors (Lipinski definition) is 1. The van der Waals surface area contributed by atoms with E-state index in [9.17, 15) is 4.79 Å². The third kappa shape index (κ3) is 3.01. The maximum atomic E-state index is 10.6. The molecule has 6 nitrogen and oxygen atoms in total. The van der Waals surface area contributed by atoms with Gasteiger partial charge in [-0.1, -0.05) is 23.7 Å². The lowest BCUT2D eigenvalue weighted by atomic mass is 10.2. The van der Waals surface area contributed by atoms with Crippen molar-refractivity contribution < 1.29 is 9.90 Å². The van der Waals surface area contributed by atoms with E-state index in [0.717, 1.165) is 5.56 Å². The number of nitrogens with zero attached hydrogens (tertiary/aromatic N) is 4. The summed E-state index contributed by atoms with van der Waals surface area (Å²) in [4.78, 5) is 10.6. The van der Waals surface area contributed by atoms with E-state index in [1.54, 1.807) is 12.1 Å². The van der Waals surface area contributed by atoms with Gasteiger partial charge in [0.15, 0.2) is 5.82 Å². The van der Waals surface area contributed by atoms with Crippen LogP contribution in [0.4, 0.5) is 0 Å². The number of carboxylic acid groups (broad SMARTS) is 1. The van der Waals surface area contributed by atoms with Crippen LogP contribution in [0.15, 0.2) is 24.3 Å². The van der Waals surface area contributed by atoms with Gasteiger partial charge in [0.25, 0.3) is 0 Å². The summed E-state index contributed by atoms with van der Waals surface area (Å²) in [6.07, 6.45) is -0.194. The predicted molar refractivity (Wildman–Crippen MR) is 59.7 cm³/mol. The molecule has 2 aromatic rings. The lowest BCUT2D eigenvalue weighted by molar-refractivity contribution is -0.136. The van der Waals surface area contributed by atoms with Gasteiger partial charge in [-0.2, -0.15) is 0 Å². The van der Waals surface area contributed by atoms with E-state index in [0.29, 0.717) is 17.4 Å². The lowest BCUT2D eigenvalue weighted by Crippen LogP contribution is -2.11. The van der Waals surface area contributed by atoms with E-state index in [2.05, 4.69) is 15.5 Å². The summed E-state index contributed by atoms with van der Waals surface area (Å²) in [5.74, 6) is -0.635. The molecular formula is C10H9ClN4O2. The Hall–Kier alpha value is -1.95. The zero-order valence-electron chi connectivity index (χ0n) is 8.75. The van der Waals surface area contributed by atoms with Gasteiger partial charge in [0.1, 0.15) is 6.42 Å². The number of tetrazole rings is 1. The molecule has 0 bridgehead atoms. The van der Waals surface area contributed by atoms with Crippen LogP contribution in [0.3, 0.4) is 0 Å². The summed E-state index contributed by atoms with van der Waals surface area (Å²) in [5.41, 5.74) is 0.952. The quantitative estimate of drug-likeness (QED) is 0.878. The minimum Gasteiger partial charge on any atom is -0.481 e. The standard InChI is InChI=1S/C10H9ClN4O2/c11-8-3-1-7(2-4-8)6-15-9(5-10(16)17)12-13-14-15/h1-4H,5-6H2,(H,16,17). The van der Waals surface area contributed by atoms with Crippen molar-refractivity contribution in [2.45, 2.75) is 13.0 Å². The first-order valence-corrected chi connectivity index (χ1v) is 5.24. The molecular weight excluding hydrogens is 244 g/mol. The first-order valence-electron chi connectivity index (χ1n) is 4.86. The Bertz CT molecular complexity index is 523. The Morgan fingerprint density at radius 3 is 2.71 bits per heavy atom. The molecule has 0 aliphatic rings. The van der Waals surface area contributed by atoms with Crippen LogP contribution in [-0.2, 0) is 17.8 Å². The normalized spacial score (nSPS) is 10.4. The molecule has 2 rings (SSSR count). The van der Waals surface area contributed by atoms with Crippen molar-refractivity contribution in [3.05, 3.63) is 40.7 Å². The average Bonchev–Trinajstić information content (AvgIpc) is 2.68. The highest BCUT2D eigenvalue weighted by Gasteiger charge is 2.10. The Kier molecular flexibility index (Phi) is 3.34. The largest absolute Gasteiger partial charge is 0.481 e. The van der Waals surface area contributed by atoms with Crippen molar-refractivity contribution in [2.24, 2.45) is 0 Å². The van der Waals surface area contributed by atoms with Gasteiger partial charge in [-0.05, 0) is 28.1 Å². The first kappa shape index (κ1) is 11.5. The lowest BCUT2D eigenvalue weighted by Gasteiger charge is -2.03. The summed E-state index contributed by atoms with van der Waals surface area (Å²) in [5, 5.41) is 20.2. The Balaban J connectivity index is 2.15. The molecule has 0 atom stereocenters. The molecule has 1 aromatic heterocycles. The number of rotatable bonds is 4. The van der Waals surface area contributed by atoms with Crippen LogP contribution in [0.25, 0.3) is 0 Å². The monoisotopic (exact) mass is 252 g/mol. The van der Waals surface area contributed by atoms with Crippen molar-refractivity contribution in [1.29, 1.82) is 0 Å². The molecule has 0 spiro atoms. The van der Waals surface area contributed by atoms with E-state index in [-0.39, 0.29) is 6.42 Å². The molecule has 0 unspecified atom stereocenters. The first-order chi connectivity index (χ1) is 8.15. The van der Waals surface area contributed by atoms with Crippen molar-refractivity contribution in [3.63, 3.8) is 0 Å². The van der Waals surface area contributed by atoms with Gasteiger partial charge < -0.3 is 5.11 Å². The Morgan fingerprint density at radius 1 is 1.35 bits per heavy atom. The number of aliphatic carboxylic acids is 1. The smallest absolute Gasteiger partial charge is 0.311 e. The fourth-order valence-electron chi connectivity index (χ4n) is 1.37. The van der Waals surface area contributed by atoms with E-state index < -0.39 is 5.97 Å². The summed E-state index contributed by atoms with van der Waals surface area (Å²) < 4.78 is 1.46.